The van der Waals surface area contributed by atoms with Crippen LogP contribution >= 0.6 is 0 Å². The van der Waals surface area contributed by atoms with E-state index in [1.807, 2.05) is 6.07 Å². The third-order valence-corrected chi connectivity index (χ3v) is 2.48. The molecule has 0 saturated carbocycles. The molecule has 0 aliphatic carbocycles. The molecule has 5 heteroatoms. The number of nitrogens with two attached hydrogens (primary N) is 1. The fourth-order valence-corrected chi connectivity index (χ4v) is 1.71. The molecule has 0 bridgehead atoms. The number of nitrogens with zero attached hydrogens (tertiary/aromatic N) is 2. The molecule has 0 aromatic carbocycles. The highest BCUT2D eigenvalue weighted by Gasteiger charge is 2.18. The zero-order valence-corrected chi connectivity index (χ0v) is 8.40. The van der Waals surface area contributed by atoms with Gasteiger partial charge in [-0.25, -0.2) is 4.98 Å². The molecule has 2 heterocycles. The molecule has 0 radical (unpaired) electrons. The Morgan fingerprint density at radius 3 is 3.00 bits per heavy atom. The number of hydrogen-bond acceptors (Lipinski definition) is 5. The average molecular weight is 207 g/mol. The molecule has 2 rings (SSSR count). The van der Waals surface area contributed by atoms with Gasteiger partial charge in [-0.1, -0.05) is 0 Å². The highest BCUT2D eigenvalue weighted by molar-refractivity contribution is 5.40. The van der Waals surface area contributed by atoms with Gasteiger partial charge >= 0.3 is 0 Å². The van der Waals surface area contributed by atoms with Crippen molar-refractivity contribution in [1.82, 2.24) is 4.98 Å². The van der Waals surface area contributed by atoms with Crippen LogP contribution in [0.3, 0.4) is 0 Å². The van der Waals surface area contributed by atoms with Gasteiger partial charge in [-0.2, -0.15) is 5.26 Å². The maximum Gasteiger partial charge on any atom is 0.229 e. The van der Waals surface area contributed by atoms with Gasteiger partial charge in [-0.3, -0.25) is 0 Å². The standard InChI is InChI=1S/C10H13N3O2/c11-6-8-10(12)15-9(13-8)5-7-3-1-2-4-14-7/h7H,1-5,12H2. The summed E-state index contributed by atoms with van der Waals surface area (Å²) in [6.45, 7) is 0.798. The lowest BCUT2D eigenvalue weighted by Crippen LogP contribution is -2.21. The quantitative estimate of drug-likeness (QED) is 0.788. The Bertz CT molecular complexity index is 375. The second-order valence-electron chi connectivity index (χ2n) is 3.62. The summed E-state index contributed by atoms with van der Waals surface area (Å²) in [4.78, 5) is 3.99. The average Bonchev–Trinajstić information content (AvgIpc) is 2.60. The maximum atomic E-state index is 8.65. The van der Waals surface area contributed by atoms with Gasteiger partial charge in [-0.15, -0.1) is 0 Å². The van der Waals surface area contributed by atoms with Crippen molar-refractivity contribution >= 4 is 5.88 Å². The zero-order chi connectivity index (χ0) is 10.7. The molecule has 2 N–H and O–H groups in total. The van der Waals surface area contributed by atoms with Crippen molar-refractivity contribution in [2.45, 2.75) is 31.8 Å². The van der Waals surface area contributed by atoms with Crippen LogP contribution in [0.2, 0.25) is 0 Å². The molecule has 1 aliphatic heterocycles. The number of oxazole rings is 1. The number of anilines is 1. The Morgan fingerprint density at radius 2 is 2.40 bits per heavy atom. The van der Waals surface area contributed by atoms with Crippen molar-refractivity contribution in [3.05, 3.63) is 11.6 Å². The van der Waals surface area contributed by atoms with E-state index < -0.39 is 0 Å². The first-order valence-corrected chi connectivity index (χ1v) is 5.06. The van der Waals surface area contributed by atoms with E-state index >= 15 is 0 Å². The summed E-state index contributed by atoms with van der Waals surface area (Å²) in [5, 5.41) is 8.65. The third-order valence-electron chi connectivity index (χ3n) is 2.48. The smallest absolute Gasteiger partial charge is 0.229 e. The Hall–Kier alpha value is -1.54. The van der Waals surface area contributed by atoms with Crippen LogP contribution in [0.1, 0.15) is 30.8 Å². The molecule has 1 aliphatic rings. The number of nitriles is 1. The first kappa shape index (κ1) is 9.99. The Morgan fingerprint density at radius 1 is 1.53 bits per heavy atom. The Labute approximate surface area is 87.8 Å². The topological polar surface area (TPSA) is 85.1 Å². The van der Waals surface area contributed by atoms with E-state index in [0.29, 0.717) is 12.3 Å². The molecule has 0 spiro atoms. The van der Waals surface area contributed by atoms with Crippen molar-refractivity contribution in [1.29, 1.82) is 5.26 Å². The highest BCUT2D eigenvalue weighted by Crippen LogP contribution is 2.19. The van der Waals surface area contributed by atoms with Crippen LogP contribution < -0.4 is 5.73 Å². The predicted molar refractivity (Wildman–Crippen MR) is 52.9 cm³/mol. The SMILES string of the molecule is N#Cc1nc(CC2CCCCO2)oc1N. The second kappa shape index (κ2) is 4.32. The molecule has 1 atom stereocenters. The van der Waals surface area contributed by atoms with Crippen LogP contribution in [0.25, 0.3) is 0 Å². The van der Waals surface area contributed by atoms with E-state index in [4.69, 9.17) is 20.1 Å². The monoisotopic (exact) mass is 207 g/mol. The molecular weight excluding hydrogens is 194 g/mol. The van der Waals surface area contributed by atoms with Gasteiger partial charge in [0.2, 0.25) is 17.5 Å². The number of nitrogen functional groups attached to an aromatic ring is 1. The molecule has 15 heavy (non-hydrogen) atoms. The van der Waals surface area contributed by atoms with Crippen LogP contribution in [0.5, 0.6) is 0 Å². The Balaban J connectivity index is 2.01. The van der Waals surface area contributed by atoms with Gasteiger partial charge in [0.1, 0.15) is 6.07 Å². The summed E-state index contributed by atoms with van der Waals surface area (Å²) in [5.41, 5.74) is 5.63. The van der Waals surface area contributed by atoms with Crippen molar-refractivity contribution in [2.75, 3.05) is 12.3 Å². The molecular formula is C10H13N3O2. The number of rotatable bonds is 2. The number of hydrogen-bond donors (Lipinski definition) is 1. The van der Waals surface area contributed by atoms with Gasteiger partial charge in [-0.05, 0) is 19.3 Å². The van der Waals surface area contributed by atoms with Crippen LogP contribution in [0, 0.1) is 11.3 Å². The van der Waals surface area contributed by atoms with Gasteiger partial charge in [0, 0.05) is 6.61 Å². The Kier molecular flexibility index (Phi) is 2.88. The summed E-state index contributed by atoms with van der Waals surface area (Å²) in [7, 11) is 0. The minimum Gasteiger partial charge on any atom is -0.424 e. The summed E-state index contributed by atoms with van der Waals surface area (Å²) in [6.07, 6.45) is 4.07. The van der Waals surface area contributed by atoms with Crippen molar-refractivity contribution < 1.29 is 9.15 Å². The maximum absolute atomic E-state index is 8.65. The van der Waals surface area contributed by atoms with E-state index in [9.17, 15) is 0 Å². The van der Waals surface area contributed by atoms with Crippen molar-refractivity contribution in [3.63, 3.8) is 0 Å². The van der Waals surface area contributed by atoms with E-state index in [0.717, 1.165) is 19.4 Å². The van der Waals surface area contributed by atoms with Crippen LogP contribution in [0.15, 0.2) is 4.42 Å². The normalized spacial score (nSPS) is 21.1. The minimum atomic E-state index is 0.100. The predicted octanol–water partition coefficient (Wildman–Crippen LogP) is 1.24. The lowest BCUT2D eigenvalue weighted by Gasteiger charge is -2.20. The zero-order valence-electron chi connectivity index (χ0n) is 8.40. The number of ether oxygens (including phenoxy) is 1. The van der Waals surface area contributed by atoms with Gasteiger partial charge in [0.15, 0.2) is 0 Å². The van der Waals surface area contributed by atoms with Crippen LogP contribution in [-0.2, 0) is 11.2 Å². The second-order valence-corrected chi connectivity index (χ2v) is 3.62. The number of aromatic nitrogens is 1. The molecule has 80 valence electrons. The first-order chi connectivity index (χ1) is 7.29. The lowest BCUT2D eigenvalue weighted by atomic mass is 10.1. The summed E-state index contributed by atoms with van der Waals surface area (Å²) in [5.74, 6) is 0.597. The van der Waals surface area contributed by atoms with Gasteiger partial charge < -0.3 is 14.9 Å². The van der Waals surface area contributed by atoms with Gasteiger partial charge in [0.25, 0.3) is 0 Å². The summed E-state index contributed by atoms with van der Waals surface area (Å²) < 4.78 is 10.7. The molecule has 1 fully saturated rings. The van der Waals surface area contributed by atoms with E-state index in [2.05, 4.69) is 4.98 Å². The summed E-state index contributed by atoms with van der Waals surface area (Å²) >= 11 is 0. The van der Waals surface area contributed by atoms with Crippen molar-refractivity contribution in [3.8, 4) is 6.07 Å². The van der Waals surface area contributed by atoms with Crippen LogP contribution in [0.4, 0.5) is 5.88 Å². The fourth-order valence-electron chi connectivity index (χ4n) is 1.71. The molecule has 1 aromatic rings. The highest BCUT2D eigenvalue weighted by atomic mass is 16.5. The molecule has 1 saturated heterocycles. The lowest BCUT2D eigenvalue weighted by molar-refractivity contribution is 0.0133. The largest absolute Gasteiger partial charge is 0.424 e. The van der Waals surface area contributed by atoms with Gasteiger partial charge in [0.05, 0.1) is 12.5 Å². The third kappa shape index (κ3) is 2.28. The van der Waals surface area contributed by atoms with Crippen LogP contribution in [-0.4, -0.2) is 17.7 Å². The summed E-state index contributed by atoms with van der Waals surface area (Å²) in [6, 6.07) is 1.88. The molecule has 1 aromatic heterocycles. The van der Waals surface area contributed by atoms with E-state index in [1.54, 1.807) is 0 Å². The minimum absolute atomic E-state index is 0.100. The fraction of sp³-hybridized carbons (Fsp3) is 0.600. The van der Waals surface area contributed by atoms with E-state index in [-0.39, 0.29) is 17.7 Å². The molecule has 0 amide bonds. The molecule has 1 unspecified atom stereocenters. The first-order valence-electron chi connectivity index (χ1n) is 5.06. The molecule has 5 nitrogen and oxygen atoms in total. The van der Waals surface area contributed by atoms with E-state index in [1.165, 1.54) is 6.42 Å². The van der Waals surface area contributed by atoms with Crippen molar-refractivity contribution in [2.24, 2.45) is 0 Å².